The molecule has 0 fully saturated rings. The fourth-order valence-electron chi connectivity index (χ4n) is 3.45. The molecule has 7 nitrogen and oxygen atoms in total. The highest BCUT2D eigenvalue weighted by Gasteiger charge is 2.19. The van der Waals surface area contributed by atoms with Gasteiger partial charge < -0.3 is 4.74 Å². The summed E-state index contributed by atoms with van der Waals surface area (Å²) in [5.74, 6) is 0.0423. The highest BCUT2D eigenvalue weighted by Crippen LogP contribution is 2.28. The molecule has 0 unspecified atom stereocenters. The summed E-state index contributed by atoms with van der Waals surface area (Å²) >= 11 is 0. The molecule has 0 bridgehead atoms. The molecule has 0 saturated carbocycles. The maximum atomic E-state index is 12.8. The zero-order chi connectivity index (χ0) is 19.7. The van der Waals surface area contributed by atoms with Crippen LogP contribution in [-0.4, -0.2) is 31.5 Å². The van der Waals surface area contributed by atoms with Crippen molar-refractivity contribution < 1.29 is 4.74 Å². The molecular weight excluding hydrogens is 354 g/mol. The molecule has 0 spiro atoms. The van der Waals surface area contributed by atoms with Gasteiger partial charge in [-0.1, -0.05) is 37.3 Å². The summed E-state index contributed by atoms with van der Waals surface area (Å²) in [6, 6.07) is 13.5. The fourth-order valence-corrected chi connectivity index (χ4v) is 3.45. The monoisotopic (exact) mass is 377 g/mol. The number of hydrogen-bond donors (Lipinski definition) is 1. The van der Waals surface area contributed by atoms with Crippen LogP contribution in [0.2, 0.25) is 0 Å². The molecule has 0 aliphatic carbocycles. The number of nitrogens with zero attached hydrogens (tertiary/aromatic N) is 4. The maximum absolute atomic E-state index is 12.8. The lowest BCUT2D eigenvalue weighted by molar-refractivity contribution is 0.181. The van der Waals surface area contributed by atoms with E-state index in [9.17, 15) is 4.79 Å². The SMILES string of the molecule is COCc1[nH]n2c(=O)cc([C@@H](C)Cn3nccc3C)nc2c1-c1ccccc1. The molecule has 1 aromatic carbocycles. The normalized spacial score (nSPS) is 12.5. The predicted octanol–water partition coefficient (Wildman–Crippen LogP) is 3.14. The quantitative estimate of drug-likeness (QED) is 0.560. The van der Waals surface area contributed by atoms with Crippen molar-refractivity contribution in [2.45, 2.75) is 32.9 Å². The smallest absolute Gasteiger partial charge is 0.272 e. The molecular formula is C21H23N5O2. The predicted molar refractivity (Wildman–Crippen MR) is 107 cm³/mol. The molecule has 0 aliphatic heterocycles. The van der Waals surface area contributed by atoms with Crippen LogP contribution in [0.15, 0.2) is 53.5 Å². The van der Waals surface area contributed by atoms with Gasteiger partial charge in [0.1, 0.15) is 0 Å². The number of nitrogens with one attached hydrogen (secondary N) is 1. The van der Waals surface area contributed by atoms with Crippen LogP contribution >= 0.6 is 0 Å². The molecule has 4 rings (SSSR count). The van der Waals surface area contributed by atoms with Crippen LogP contribution in [-0.2, 0) is 17.9 Å². The van der Waals surface area contributed by atoms with Crippen LogP contribution in [0.3, 0.4) is 0 Å². The van der Waals surface area contributed by atoms with Crippen molar-refractivity contribution in [3.8, 4) is 11.1 Å². The molecule has 0 amide bonds. The molecule has 7 heteroatoms. The Bertz CT molecular complexity index is 1160. The van der Waals surface area contributed by atoms with E-state index in [0.717, 1.165) is 28.2 Å². The van der Waals surface area contributed by atoms with Crippen LogP contribution in [0.5, 0.6) is 0 Å². The average Bonchev–Trinajstić information content (AvgIpc) is 3.26. The van der Waals surface area contributed by atoms with E-state index in [0.29, 0.717) is 18.8 Å². The van der Waals surface area contributed by atoms with Crippen molar-refractivity contribution in [1.82, 2.24) is 24.4 Å². The van der Waals surface area contributed by atoms with Gasteiger partial charge in [0.15, 0.2) is 5.65 Å². The van der Waals surface area contributed by atoms with E-state index in [1.165, 1.54) is 4.52 Å². The lowest BCUT2D eigenvalue weighted by Gasteiger charge is -2.13. The Morgan fingerprint density at radius 1 is 1.21 bits per heavy atom. The lowest BCUT2D eigenvalue weighted by Crippen LogP contribution is -2.18. The van der Waals surface area contributed by atoms with Crippen LogP contribution in [0.25, 0.3) is 16.8 Å². The zero-order valence-electron chi connectivity index (χ0n) is 16.2. The number of methoxy groups -OCH3 is 1. The van der Waals surface area contributed by atoms with Gasteiger partial charge in [0.2, 0.25) is 0 Å². The number of rotatable bonds is 6. The molecule has 144 valence electrons. The summed E-state index contributed by atoms with van der Waals surface area (Å²) in [4.78, 5) is 17.7. The van der Waals surface area contributed by atoms with Crippen molar-refractivity contribution in [2.75, 3.05) is 7.11 Å². The van der Waals surface area contributed by atoms with E-state index in [4.69, 9.17) is 9.72 Å². The Kier molecular flexibility index (Phi) is 4.83. The summed E-state index contributed by atoms with van der Waals surface area (Å²) in [5.41, 5.74) is 5.02. The number of hydrogen-bond acceptors (Lipinski definition) is 4. The number of aryl methyl sites for hydroxylation is 1. The Morgan fingerprint density at radius 2 is 2.00 bits per heavy atom. The summed E-state index contributed by atoms with van der Waals surface area (Å²) in [7, 11) is 1.64. The molecule has 0 aliphatic rings. The number of H-pyrrole nitrogens is 1. The van der Waals surface area contributed by atoms with Gasteiger partial charge in [0.25, 0.3) is 5.56 Å². The lowest BCUT2D eigenvalue weighted by atomic mass is 10.1. The van der Waals surface area contributed by atoms with E-state index < -0.39 is 0 Å². The molecule has 3 aromatic heterocycles. The first-order chi connectivity index (χ1) is 13.6. The standard InChI is InChI=1S/C21H23N5O2/c1-14(12-25-15(2)9-10-22-25)17-11-19(27)26-21(23-17)20(18(24-26)13-28-3)16-7-5-4-6-8-16/h4-11,14,24H,12-13H2,1-3H3/t14-/m0/s1. The Balaban J connectivity index is 1.85. The van der Waals surface area contributed by atoms with Gasteiger partial charge in [-0.3, -0.25) is 14.6 Å². The largest absolute Gasteiger partial charge is 0.378 e. The van der Waals surface area contributed by atoms with Crippen molar-refractivity contribution in [3.63, 3.8) is 0 Å². The summed E-state index contributed by atoms with van der Waals surface area (Å²) in [6.45, 7) is 5.11. The minimum Gasteiger partial charge on any atom is -0.378 e. The number of benzene rings is 1. The third-order valence-corrected chi connectivity index (χ3v) is 4.94. The van der Waals surface area contributed by atoms with Crippen LogP contribution in [0.4, 0.5) is 0 Å². The van der Waals surface area contributed by atoms with Crippen molar-refractivity contribution in [1.29, 1.82) is 0 Å². The van der Waals surface area contributed by atoms with Crippen molar-refractivity contribution in [3.05, 3.63) is 76.1 Å². The summed E-state index contributed by atoms with van der Waals surface area (Å²) in [6.07, 6.45) is 1.78. The Hall–Kier alpha value is -3.19. The fraction of sp³-hybridized carbons (Fsp3) is 0.286. The van der Waals surface area contributed by atoms with E-state index in [2.05, 4.69) is 17.1 Å². The number of aromatic nitrogens is 5. The number of fused-ring (bicyclic) bond motifs is 1. The van der Waals surface area contributed by atoms with E-state index in [-0.39, 0.29) is 11.5 Å². The minimum atomic E-state index is -0.136. The van der Waals surface area contributed by atoms with Gasteiger partial charge in [-0.15, -0.1) is 0 Å². The van der Waals surface area contributed by atoms with E-state index in [1.54, 1.807) is 19.4 Å². The second-order valence-corrected chi connectivity index (χ2v) is 7.00. The number of ether oxygens (including phenoxy) is 1. The van der Waals surface area contributed by atoms with E-state index in [1.807, 2.05) is 48.0 Å². The Morgan fingerprint density at radius 3 is 2.68 bits per heavy atom. The van der Waals surface area contributed by atoms with Gasteiger partial charge in [0, 0.05) is 43.1 Å². The second-order valence-electron chi connectivity index (χ2n) is 7.00. The minimum absolute atomic E-state index is 0.0423. The third kappa shape index (κ3) is 3.25. The van der Waals surface area contributed by atoms with Gasteiger partial charge in [-0.2, -0.15) is 5.10 Å². The molecule has 0 radical (unpaired) electrons. The van der Waals surface area contributed by atoms with Gasteiger partial charge in [0.05, 0.1) is 18.0 Å². The zero-order valence-corrected chi connectivity index (χ0v) is 16.2. The Labute approximate surface area is 162 Å². The van der Waals surface area contributed by atoms with Crippen LogP contribution < -0.4 is 5.56 Å². The highest BCUT2D eigenvalue weighted by molar-refractivity contribution is 5.79. The molecule has 4 aromatic rings. The first-order valence-corrected chi connectivity index (χ1v) is 9.25. The molecule has 3 heterocycles. The first-order valence-electron chi connectivity index (χ1n) is 9.25. The van der Waals surface area contributed by atoms with Gasteiger partial charge in [-0.25, -0.2) is 9.50 Å². The summed E-state index contributed by atoms with van der Waals surface area (Å²) < 4.78 is 8.76. The van der Waals surface area contributed by atoms with Crippen molar-refractivity contribution in [2.24, 2.45) is 0 Å². The molecule has 1 atom stereocenters. The topological polar surface area (TPSA) is 77.2 Å². The van der Waals surface area contributed by atoms with Gasteiger partial charge >= 0.3 is 0 Å². The third-order valence-electron chi connectivity index (χ3n) is 4.94. The average molecular weight is 377 g/mol. The maximum Gasteiger partial charge on any atom is 0.272 e. The first kappa shape index (κ1) is 18.2. The second kappa shape index (κ2) is 7.44. The van der Waals surface area contributed by atoms with Crippen LogP contribution in [0.1, 0.15) is 29.9 Å². The van der Waals surface area contributed by atoms with Gasteiger partial charge in [-0.05, 0) is 18.6 Å². The molecule has 0 saturated heterocycles. The van der Waals surface area contributed by atoms with Crippen molar-refractivity contribution >= 4 is 5.65 Å². The molecule has 28 heavy (non-hydrogen) atoms. The highest BCUT2D eigenvalue weighted by atomic mass is 16.5. The van der Waals surface area contributed by atoms with E-state index >= 15 is 0 Å². The number of aromatic amines is 1. The van der Waals surface area contributed by atoms with Crippen LogP contribution in [0, 0.1) is 6.92 Å². The molecule has 1 N–H and O–H groups in total. The summed E-state index contributed by atoms with van der Waals surface area (Å²) in [5, 5.41) is 7.49.